The lowest BCUT2D eigenvalue weighted by molar-refractivity contribution is 0.0744. The molecule has 0 aliphatic carbocycles. The highest BCUT2D eigenvalue weighted by molar-refractivity contribution is 6.32. The largest absolute Gasteiger partial charge is 0.345 e. The molecule has 0 saturated heterocycles. The molecule has 0 bridgehead atoms. The average Bonchev–Trinajstić information content (AvgIpc) is 2.93. The van der Waals surface area contributed by atoms with Crippen molar-refractivity contribution in [2.75, 3.05) is 0 Å². The van der Waals surface area contributed by atoms with Gasteiger partial charge in [-0.25, -0.2) is 5.84 Å². The van der Waals surface area contributed by atoms with E-state index in [0.29, 0.717) is 16.1 Å². The van der Waals surface area contributed by atoms with Crippen LogP contribution in [0.5, 0.6) is 0 Å². The number of hydrogen-bond acceptors (Lipinski definition) is 3. The Kier molecular flexibility index (Phi) is 5.37. The molecule has 0 spiro atoms. The number of hydrazine groups is 1. The zero-order valence-electron chi connectivity index (χ0n) is 16.8. The fraction of sp³-hybridized carbons (Fsp3) is 0.333. The summed E-state index contributed by atoms with van der Waals surface area (Å²) in [5.74, 6) is 5.72. The summed E-state index contributed by atoms with van der Waals surface area (Å²) in [7, 11) is 0. The van der Waals surface area contributed by atoms with Crippen LogP contribution < -0.4 is 11.4 Å². The van der Waals surface area contributed by atoms with Gasteiger partial charge in [0.25, 0.3) is 11.5 Å². The summed E-state index contributed by atoms with van der Waals surface area (Å²) in [6, 6.07) is 5.58. The minimum absolute atomic E-state index is 0.0121. The summed E-state index contributed by atoms with van der Waals surface area (Å²) in [5.41, 5.74) is 4.09. The first-order valence-electron chi connectivity index (χ1n) is 9.16. The summed E-state index contributed by atoms with van der Waals surface area (Å²) in [4.78, 5) is 28.2. The third-order valence-electron chi connectivity index (χ3n) is 4.96. The van der Waals surface area contributed by atoms with Gasteiger partial charge >= 0.3 is 0 Å². The predicted octanol–water partition coefficient (Wildman–Crippen LogP) is 4.01. The van der Waals surface area contributed by atoms with Crippen molar-refractivity contribution >= 4 is 28.4 Å². The summed E-state index contributed by atoms with van der Waals surface area (Å²) >= 11 is 6.31. The third-order valence-corrected chi connectivity index (χ3v) is 5.18. The number of aromatic nitrogens is 2. The monoisotopic (exact) mass is 400 g/mol. The second-order valence-electron chi connectivity index (χ2n) is 7.54. The topological polar surface area (TPSA) is 84.1 Å². The fourth-order valence-electron chi connectivity index (χ4n) is 3.62. The molecule has 28 heavy (non-hydrogen) atoms. The van der Waals surface area contributed by atoms with E-state index >= 15 is 0 Å². The molecular formula is C21H25ClN4O2. The van der Waals surface area contributed by atoms with E-state index in [1.165, 1.54) is 0 Å². The molecular weight excluding hydrogens is 376 g/mol. The van der Waals surface area contributed by atoms with E-state index < -0.39 is 0 Å². The van der Waals surface area contributed by atoms with Crippen LogP contribution >= 0.6 is 11.6 Å². The Morgan fingerprint density at radius 2 is 1.89 bits per heavy atom. The second kappa shape index (κ2) is 7.45. The molecule has 1 amide bonds. The van der Waals surface area contributed by atoms with Crippen LogP contribution in [0.15, 0.2) is 29.2 Å². The van der Waals surface area contributed by atoms with Crippen LogP contribution in [0.1, 0.15) is 52.6 Å². The number of nitrogens with two attached hydrogens (primary N) is 1. The SMILES string of the molecule is Cc1cc(C)c(CN(N)C(=O)c2cc(Cl)cc3c2c(C)cn3C(C)C)c(=O)[nH]1. The Balaban J connectivity index is 2.05. The van der Waals surface area contributed by atoms with Crippen molar-refractivity contribution in [2.45, 2.75) is 47.2 Å². The van der Waals surface area contributed by atoms with Gasteiger partial charge in [0.1, 0.15) is 0 Å². The number of fused-ring (bicyclic) bond motifs is 1. The van der Waals surface area contributed by atoms with Gasteiger partial charge in [0.15, 0.2) is 0 Å². The molecule has 3 N–H and O–H groups in total. The molecule has 2 heterocycles. The number of amides is 1. The molecule has 2 aromatic heterocycles. The van der Waals surface area contributed by atoms with E-state index in [0.717, 1.165) is 32.7 Å². The Morgan fingerprint density at radius 3 is 2.50 bits per heavy atom. The highest BCUT2D eigenvalue weighted by Crippen LogP contribution is 2.31. The van der Waals surface area contributed by atoms with Gasteiger partial charge in [-0.2, -0.15) is 0 Å². The first-order chi connectivity index (χ1) is 13.1. The van der Waals surface area contributed by atoms with E-state index in [1.807, 2.05) is 39.1 Å². The van der Waals surface area contributed by atoms with Crippen LogP contribution in [0.25, 0.3) is 10.9 Å². The van der Waals surface area contributed by atoms with Gasteiger partial charge in [-0.15, -0.1) is 0 Å². The standard InChI is InChI=1S/C21H25ClN4O2/c1-11(2)25-9-13(4)19-16(7-15(22)8-18(19)25)21(28)26(23)10-17-12(3)6-14(5)24-20(17)27/h6-9,11H,10,23H2,1-5H3,(H,24,27). The second-order valence-corrected chi connectivity index (χ2v) is 7.97. The fourth-order valence-corrected chi connectivity index (χ4v) is 3.84. The maximum atomic E-state index is 13.2. The Hall–Kier alpha value is -2.57. The van der Waals surface area contributed by atoms with Gasteiger partial charge in [0, 0.05) is 33.9 Å². The third kappa shape index (κ3) is 3.57. The summed E-state index contributed by atoms with van der Waals surface area (Å²) in [6.45, 7) is 9.76. The number of nitrogens with zero attached hydrogens (tertiary/aromatic N) is 2. The van der Waals surface area contributed by atoms with Crippen molar-refractivity contribution in [1.82, 2.24) is 14.6 Å². The van der Waals surface area contributed by atoms with E-state index in [-0.39, 0.29) is 24.1 Å². The smallest absolute Gasteiger partial charge is 0.268 e. The van der Waals surface area contributed by atoms with E-state index in [1.54, 1.807) is 6.07 Å². The zero-order chi connectivity index (χ0) is 20.7. The van der Waals surface area contributed by atoms with Gasteiger partial charge in [-0.1, -0.05) is 11.6 Å². The number of carbonyl (C=O) groups excluding carboxylic acids is 1. The highest BCUT2D eigenvalue weighted by Gasteiger charge is 2.22. The molecule has 1 aromatic carbocycles. The van der Waals surface area contributed by atoms with E-state index in [4.69, 9.17) is 17.4 Å². The predicted molar refractivity (Wildman–Crippen MR) is 113 cm³/mol. The Morgan fingerprint density at radius 1 is 1.21 bits per heavy atom. The van der Waals surface area contributed by atoms with Crippen molar-refractivity contribution in [3.8, 4) is 0 Å². The minimum Gasteiger partial charge on any atom is -0.345 e. The number of nitrogens with one attached hydrogen (secondary N) is 1. The molecule has 0 aliphatic rings. The van der Waals surface area contributed by atoms with Crippen LogP contribution in [0.4, 0.5) is 0 Å². The minimum atomic E-state index is -0.378. The maximum Gasteiger partial charge on any atom is 0.268 e. The quantitative estimate of drug-likeness (QED) is 0.394. The Labute approximate surface area is 168 Å². The van der Waals surface area contributed by atoms with Gasteiger partial charge < -0.3 is 9.55 Å². The molecule has 0 aliphatic heterocycles. The van der Waals surface area contributed by atoms with E-state index in [9.17, 15) is 9.59 Å². The molecule has 148 valence electrons. The molecule has 0 saturated carbocycles. The Bertz CT molecular complexity index is 1130. The maximum absolute atomic E-state index is 13.2. The first-order valence-corrected chi connectivity index (χ1v) is 9.54. The van der Waals surface area contributed by atoms with Crippen molar-refractivity contribution in [3.05, 3.63) is 67.7 Å². The zero-order valence-corrected chi connectivity index (χ0v) is 17.5. The lowest BCUT2D eigenvalue weighted by atomic mass is 10.1. The van der Waals surface area contributed by atoms with E-state index in [2.05, 4.69) is 23.4 Å². The number of aryl methyl sites for hydroxylation is 3. The van der Waals surface area contributed by atoms with Crippen LogP contribution in [-0.2, 0) is 6.54 Å². The molecule has 0 atom stereocenters. The average molecular weight is 401 g/mol. The van der Waals surface area contributed by atoms with Crippen molar-refractivity contribution in [3.63, 3.8) is 0 Å². The van der Waals surface area contributed by atoms with Gasteiger partial charge in [-0.3, -0.25) is 14.6 Å². The molecule has 0 unspecified atom stereocenters. The molecule has 3 aromatic rings. The molecule has 0 fully saturated rings. The van der Waals surface area contributed by atoms with Gasteiger partial charge in [0.2, 0.25) is 0 Å². The molecule has 7 heteroatoms. The lowest BCUT2D eigenvalue weighted by Crippen LogP contribution is -2.39. The summed E-state index contributed by atoms with van der Waals surface area (Å²) in [6.07, 6.45) is 2.01. The number of benzene rings is 1. The highest BCUT2D eigenvalue weighted by atomic mass is 35.5. The van der Waals surface area contributed by atoms with Crippen LogP contribution in [0.3, 0.4) is 0 Å². The van der Waals surface area contributed by atoms with Crippen LogP contribution in [0, 0.1) is 20.8 Å². The number of pyridine rings is 1. The van der Waals surface area contributed by atoms with Crippen molar-refractivity contribution in [1.29, 1.82) is 0 Å². The van der Waals surface area contributed by atoms with Crippen LogP contribution in [-0.4, -0.2) is 20.5 Å². The lowest BCUT2D eigenvalue weighted by Gasteiger charge is -2.19. The van der Waals surface area contributed by atoms with Crippen molar-refractivity contribution in [2.24, 2.45) is 5.84 Å². The first kappa shape index (κ1) is 20.2. The number of hydrogen-bond donors (Lipinski definition) is 2. The summed E-state index contributed by atoms with van der Waals surface area (Å²) < 4.78 is 2.09. The van der Waals surface area contributed by atoms with Gasteiger partial charge in [-0.05, 0) is 63.9 Å². The number of halogens is 1. The van der Waals surface area contributed by atoms with Crippen molar-refractivity contribution < 1.29 is 4.79 Å². The number of H-pyrrole nitrogens is 1. The normalized spacial score (nSPS) is 11.4. The van der Waals surface area contributed by atoms with Crippen LogP contribution in [0.2, 0.25) is 5.02 Å². The number of aromatic amines is 1. The summed E-state index contributed by atoms with van der Waals surface area (Å²) in [5, 5.41) is 2.37. The number of carbonyl (C=O) groups is 1. The molecule has 0 radical (unpaired) electrons. The van der Waals surface area contributed by atoms with Gasteiger partial charge in [0.05, 0.1) is 17.6 Å². The molecule has 3 rings (SSSR count). The number of rotatable bonds is 4. The molecule has 6 nitrogen and oxygen atoms in total.